The molecule has 5 N–H and O–H groups in total. The van der Waals surface area contributed by atoms with Crippen LogP contribution in [0.3, 0.4) is 0 Å². The molecule has 1 aliphatic rings. The normalized spacial score (nSPS) is 14.6. The van der Waals surface area contributed by atoms with Crippen molar-refractivity contribution in [2.24, 2.45) is 4.99 Å². The number of aliphatic imine (C=N–C) groups is 1. The van der Waals surface area contributed by atoms with Gasteiger partial charge in [-0.1, -0.05) is 0 Å². The summed E-state index contributed by atoms with van der Waals surface area (Å²) < 4.78 is 0. The van der Waals surface area contributed by atoms with Crippen molar-refractivity contribution in [2.45, 2.75) is 6.42 Å². The fourth-order valence-electron chi connectivity index (χ4n) is 0.811. The van der Waals surface area contributed by atoms with Gasteiger partial charge in [-0.15, -0.1) is 0 Å². The van der Waals surface area contributed by atoms with Crippen LogP contribution in [0.5, 0.6) is 0 Å². The third-order valence-electron chi connectivity index (χ3n) is 1.36. The van der Waals surface area contributed by atoms with Crippen molar-refractivity contribution >= 4 is 16.9 Å². The fourth-order valence-corrected chi connectivity index (χ4v) is 1.79. The molecule has 0 amide bonds. The number of nitrogens with zero attached hydrogens (tertiary/aromatic N) is 1. The van der Waals surface area contributed by atoms with E-state index in [0.717, 1.165) is 19.6 Å². The van der Waals surface area contributed by atoms with E-state index in [0.29, 0.717) is 0 Å². The lowest BCUT2D eigenvalue weighted by atomic mass is 10.5. The minimum absolute atomic E-state index is 0. The van der Waals surface area contributed by atoms with Gasteiger partial charge in [0, 0.05) is 12.2 Å². The highest BCUT2D eigenvalue weighted by molar-refractivity contribution is 8.13. The highest BCUT2D eigenvalue weighted by Gasteiger charge is 2.09. The number of rotatable bonds is 3. The quantitative estimate of drug-likeness (QED) is 0.499. The Morgan fingerprint density at radius 3 is 2.75 bits per heavy atom. The molecule has 0 bridgehead atoms. The summed E-state index contributed by atoms with van der Waals surface area (Å²) in [4.78, 5) is 4.31. The molecular weight excluding hydrogens is 306 g/mol. The minimum atomic E-state index is 0. The lowest BCUT2D eigenvalue weighted by Gasteiger charge is -1.93. The van der Waals surface area contributed by atoms with Gasteiger partial charge in [-0.05, 0) is 11.8 Å². The van der Waals surface area contributed by atoms with Gasteiger partial charge in [0.05, 0.1) is 13.1 Å². The molecule has 0 atom stereocenters. The van der Waals surface area contributed by atoms with E-state index in [9.17, 15) is 0 Å². The van der Waals surface area contributed by atoms with E-state index >= 15 is 0 Å². The molecule has 0 radical (unpaired) electrons. The van der Waals surface area contributed by atoms with Gasteiger partial charge in [0.25, 0.3) is 5.17 Å². The molecule has 0 aromatic heterocycles. The van der Waals surface area contributed by atoms with Crippen LogP contribution in [0.15, 0.2) is 4.99 Å². The van der Waals surface area contributed by atoms with Gasteiger partial charge < -0.3 is 39.7 Å². The van der Waals surface area contributed by atoms with Gasteiger partial charge >= 0.3 is 0 Å². The topological polar surface area (TPSA) is 56.6 Å². The van der Waals surface area contributed by atoms with E-state index in [1.165, 1.54) is 17.3 Å². The summed E-state index contributed by atoms with van der Waals surface area (Å²) in [6.45, 7) is 3.19. The van der Waals surface area contributed by atoms with Crippen LogP contribution in [0, 0.1) is 0 Å². The van der Waals surface area contributed by atoms with Crippen LogP contribution < -0.4 is 45.0 Å². The maximum Gasteiger partial charge on any atom is 0.255 e. The number of quaternary nitrogens is 2. The number of amidine groups is 1. The molecule has 0 spiro atoms. The summed E-state index contributed by atoms with van der Waals surface area (Å²) in [5, 5.41) is 3.46. The number of hydrogen-bond donors (Lipinski definition) is 2. The maximum atomic E-state index is 4.31. The zero-order chi connectivity index (χ0) is 7.23. The molecular formula is C6H15Br2N3S. The van der Waals surface area contributed by atoms with E-state index in [1.54, 1.807) is 0 Å². The van der Waals surface area contributed by atoms with E-state index in [1.807, 2.05) is 11.8 Å². The van der Waals surface area contributed by atoms with Gasteiger partial charge in [0.2, 0.25) is 0 Å². The molecule has 1 aliphatic heterocycles. The molecule has 0 aromatic carbocycles. The van der Waals surface area contributed by atoms with Crippen LogP contribution in [-0.4, -0.2) is 30.6 Å². The maximum absolute atomic E-state index is 4.31. The third-order valence-corrected chi connectivity index (χ3v) is 2.44. The molecule has 74 valence electrons. The molecule has 0 fully saturated rings. The third kappa shape index (κ3) is 6.42. The largest absolute Gasteiger partial charge is 1.00 e. The van der Waals surface area contributed by atoms with Crippen molar-refractivity contribution in [1.82, 2.24) is 0 Å². The van der Waals surface area contributed by atoms with E-state index in [-0.39, 0.29) is 34.0 Å². The van der Waals surface area contributed by atoms with Crippen LogP contribution in [0.1, 0.15) is 6.42 Å². The second-order valence-corrected chi connectivity index (χ2v) is 3.38. The van der Waals surface area contributed by atoms with Crippen molar-refractivity contribution in [3.63, 3.8) is 0 Å². The van der Waals surface area contributed by atoms with Crippen molar-refractivity contribution in [3.05, 3.63) is 0 Å². The Bertz CT molecular complexity index is 132. The highest BCUT2D eigenvalue weighted by Crippen LogP contribution is 2.01. The number of nitrogens with two attached hydrogens (primary N) is 1. The molecule has 0 unspecified atom stereocenters. The van der Waals surface area contributed by atoms with Crippen LogP contribution in [0.4, 0.5) is 0 Å². The molecule has 0 aromatic rings. The lowest BCUT2D eigenvalue weighted by Crippen LogP contribution is -3.00. The summed E-state index contributed by atoms with van der Waals surface area (Å²) in [5.41, 5.74) is 3.79. The highest BCUT2D eigenvalue weighted by atomic mass is 79.9. The molecule has 0 saturated carbocycles. The van der Waals surface area contributed by atoms with Crippen molar-refractivity contribution < 1.29 is 45.0 Å². The van der Waals surface area contributed by atoms with Crippen molar-refractivity contribution in [1.29, 1.82) is 0 Å². The van der Waals surface area contributed by atoms with E-state index < -0.39 is 0 Å². The Hall–Kier alpha value is 0.900. The molecule has 6 heteroatoms. The molecule has 1 heterocycles. The Morgan fingerprint density at radius 1 is 1.50 bits per heavy atom. The molecule has 0 aliphatic carbocycles. The van der Waals surface area contributed by atoms with Crippen LogP contribution in [0.2, 0.25) is 0 Å². The van der Waals surface area contributed by atoms with Gasteiger partial charge in [-0.25, -0.2) is 4.99 Å². The summed E-state index contributed by atoms with van der Waals surface area (Å²) >= 11 is 1.86. The van der Waals surface area contributed by atoms with Crippen molar-refractivity contribution in [3.8, 4) is 0 Å². The summed E-state index contributed by atoms with van der Waals surface area (Å²) in [6, 6.07) is 0. The first-order chi connectivity index (χ1) is 4.93. The minimum Gasteiger partial charge on any atom is -1.00 e. The van der Waals surface area contributed by atoms with Crippen LogP contribution in [-0.2, 0) is 0 Å². The molecule has 3 nitrogen and oxygen atoms in total. The zero-order valence-corrected chi connectivity index (χ0v) is 10.9. The van der Waals surface area contributed by atoms with E-state index in [2.05, 4.69) is 16.0 Å². The lowest BCUT2D eigenvalue weighted by molar-refractivity contribution is -0.522. The summed E-state index contributed by atoms with van der Waals surface area (Å²) in [7, 11) is 0. The number of halogens is 2. The van der Waals surface area contributed by atoms with E-state index in [4.69, 9.17) is 0 Å². The Labute approximate surface area is 98.5 Å². The molecule has 1 rings (SSSR count). The zero-order valence-electron chi connectivity index (χ0n) is 6.93. The summed E-state index contributed by atoms with van der Waals surface area (Å²) in [6.07, 6.45) is 1.21. The first kappa shape index (κ1) is 15.4. The van der Waals surface area contributed by atoms with Crippen molar-refractivity contribution in [2.75, 3.05) is 25.4 Å². The SMILES string of the molecule is [Br-].[Br-].[NH3+]CCCSC1=NCC[NH2+]1. The first-order valence-corrected chi connectivity index (χ1v) is 4.72. The first-order valence-electron chi connectivity index (χ1n) is 3.73. The molecule has 12 heavy (non-hydrogen) atoms. The second kappa shape index (κ2) is 9.98. The second-order valence-electron chi connectivity index (χ2n) is 2.27. The van der Waals surface area contributed by atoms with Gasteiger partial charge in [0.1, 0.15) is 6.54 Å². The predicted octanol–water partition coefficient (Wildman–Crippen LogP) is -7.71. The standard InChI is InChI=1S/C6H13N3S.2BrH/c7-2-1-5-10-6-8-3-4-9-6;;/h1-5,7H2,(H,8,9);2*1H. The van der Waals surface area contributed by atoms with Crippen LogP contribution in [0.25, 0.3) is 0 Å². The van der Waals surface area contributed by atoms with Gasteiger partial charge in [-0.3, -0.25) is 5.32 Å². The number of hydrogen-bond acceptors (Lipinski definition) is 2. The Morgan fingerprint density at radius 2 is 2.25 bits per heavy atom. The Kier molecular flexibility index (Phi) is 12.8. The molecule has 0 saturated heterocycles. The average Bonchev–Trinajstić information content (AvgIpc) is 2.41. The number of thioether (sulfide) groups is 1. The summed E-state index contributed by atoms with van der Waals surface area (Å²) in [5.74, 6) is 1.18. The average molecular weight is 321 g/mol. The van der Waals surface area contributed by atoms with Crippen LogP contribution >= 0.6 is 11.8 Å². The smallest absolute Gasteiger partial charge is 0.255 e. The van der Waals surface area contributed by atoms with Gasteiger partial charge in [-0.2, -0.15) is 0 Å². The monoisotopic (exact) mass is 319 g/mol. The Balaban J connectivity index is 0. The predicted molar refractivity (Wildman–Crippen MR) is 43.9 cm³/mol. The van der Waals surface area contributed by atoms with Gasteiger partial charge in [0.15, 0.2) is 0 Å². The fraction of sp³-hybridized carbons (Fsp3) is 0.833.